The van der Waals surface area contributed by atoms with Crippen LogP contribution in [0.4, 0.5) is 0 Å². The van der Waals surface area contributed by atoms with Crippen LogP contribution >= 0.6 is 0 Å². The van der Waals surface area contributed by atoms with Crippen LogP contribution in [0.3, 0.4) is 0 Å². The van der Waals surface area contributed by atoms with Crippen molar-refractivity contribution in [3.8, 4) is 0 Å². The van der Waals surface area contributed by atoms with Gasteiger partial charge in [-0.25, -0.2) is 0 Å². The zero-order chi connectivity index (χ0) is 21.1. The van der Waals surface area contributed by atoms with E-state index in [1.807, 2.05) is 0 Å². The summed E-state index contributed by atoms with van der Waals surface area (Å²) in [6.07, 6.45) is 0. The van der Waals surface area contributed by atoms with Gasteiger partial charge in [-0.3, -0.25) is 0 Å². The van der Waals surface area contributed by atoms with Gasteiger partial charge in [-0.05, 0) is 44.5 Å². The summed E-state index contributed by atoms with van der Waals surface area (Å²) in [5.41, 5.74) is 9.59. The molecule has 0 radical (unpaired) electrons. The van der Waals surface area contributed by atoms with Gasteiger partial charge in [0.15, 0.2) is 0 Å². The first-order valence-electron chi connectivity index (χ1n) is 10.9. The van der Waals surface area contributed by atoms with Gasteiger partial charge < -0.3 is 10.2 Å². The summed E-state index contributed by atoms with van der Waals surface area (Å²) in [7, 11) is 0. The molecule has 3 aromatic rings. The second-order valence-electron chi connectivity index (χ2n) is 10.1. The molecule has 30 heavy (non-hydrogen) atoms. The minimum absolute atomic E-state index is 0.0617. The fraction of sp³-hybridized carbons (Fsp3) is 0.357. The maximum Gasteiger partial charge on any atom is 0.0681 e. The minimum Gasteiger partial charge on any atom is -0.392 e. The topological polar surface area (TPSA) is 40.5 Å². The van der Waals surface area contributed by atoms with Crippen LogP contribution in [0.2, 0.25) is 0 Å². The molecule has 0 spiro atoms. The molecule has 0 bridgehead atoms. The van der Waals surface area contributed by atoms with Gasteiger partial charge >= 0.3 is 0 Å². The monoisotopic (exact) mass is 396 g/mol. The van der Waals surface area contributed by atoms with Gasteiger partial charge in [0.25, 0.3) is 0 Å². The quantitative estimate of drug-likeness (QED) is 0.644. The Morgan fingerprint density at radius 3 is 1.30 bits per heavy atom. The minimum atomic E-state index is -0.175. The third-order valence-electron chi connectivity index (χ3n) is 9.69. The number of aliphatic hydroxyl groups excluding tert-OH is 2. The number of hydrogen-bond donors (Lipinski definition) is 2. The first-order chi connectivity index (χ1) is 14.3. The number of aliphatic hydroxyl groups is 2. The van der Waals surface area contributed by atoms with Crippen LogP contribution in [0, 0.1) is 5.41 Å². The van der Waals surface area contributed by atoms with Crippen molar-refractivity contribution in [1.29, 1.82) is 0 Å². The number of fused-ring (bicyclic) bond motifs is 9. The Balaban J connectivity index is 1.85. The van der Waals surface area contributed by atoms with Gasteiger partial charge in [-0.2, -0.15) is 0 Å². The van der Waals surface area contributed by atoms with Gasteiger partial charge in [0.05, 0.1) is 13.2 Å². The van der Waals surface area contributed by atoms with E-state index in [9.17, 15) is 10.2 Å². The molecular formula is C28H28O2. The summed E-state index contributed by atoms with van der Waals surface area (Å²) in [5.74, 6) is 0. The Morgan fingerprint density at radius 1 is 0.533 bits per heavy atom. The lowest BCUT2D eigenvalue weighted by molar-refractivity contribution is 0.0996. The summed E-state index contributed by atoms with van der Waals surface area (Å²) in [5, 5.41) is 19.8. The standard InChI is InChI=1S/C28H28O2/c1-25-21-11-9-17(15-29)13-23(21)26(2)19-7-5-6-8-20(19)27(3,28(25,26)4)24-14-18(16-30)10-12-22(24)25/h5-14,29-30H,15-16H2,1-4H3/t25?,26-,27+,28?. The Morgan fingerprint density at radius 2 is 0.900 bits per heavy atom. The predicted molar refractivity (Wildman–Crippen MR) is 119 cm³/mol. The average Bonchev–Trinajstić information content (AvgIpc) is 3.14. The van der Waals surface area contributed by atoms with E-state index in [1.165, 1.54) is 33.4 Å². The van der Waals surface area contributed by atoms with Crippen LogP contribution in [-0.4, -0.2) is 10.2 Å². The molecular weight excluding hydrogens is 368 g/mol. The van der Waals surface area contributed by atoms with Crippen LogP contribution in [0.25, 0.3) is 0 Å². The van der Waals surface area contributed by atoms with Crippen molar-refractivity contribution >= 4 is 0 Å². The zero-order valence-corrected chi connectivity index (χ0v) is 18.1. The normalized spacial score (nSPS) is 34.5. The van der Waals surface area contributed by atoms with E-state index in [-0.39, 0.29) is 34.9 Å². The van der Waals surface area contributed by atoms with E-state index in [0.717, 1.165) is 11.1 Å². The molecule has 0 aromatic heterocycles. The third-order valence-corrected chi connectivity index (χ3v) is 9.69. The molecule has 2 unspecified atom stereocenters. The molecule has 0 fully saturated rings. The molecule has 0 saturated carbocycles. The highest BCUT2D eigenvalue weighted by atomic mass is 16.3. The molecule has 3 aliphatic rings. The Labute approximate surface area is 178 Å². The lowest BCUT2D eigenvalue weighted by Gasteiger charge is -2.49. The number of benzene rings is 3. The van der Waals surface area contributed by atoms with E-state index in [1.54, 1.807) is 0 Å². The van der Waals surface area contributed by atoms with Crippen LogP contribution in [0.5, 0.6) is 0 Å². The van der Waals surface area contributed by atoms with Gasteiger partial charge in [-0.1, -0.05) is 88.4 Å². The van der Waals surface area contributed by atoms with Crippen molar-refractivity contribution < 1.29 is 10.2 Å². The largest absolute Gasteiger partial charge is 0.392 e. The van der Waals surface area contributed by atoms with Crippen molar-refractivity contribution in [3.05, 3.63) is 105 Å². The van der Waals surface area contributed by atoms with Gasteiger partial charge in [0.1, 0.15) is 0 Å². The van der Waals surface area contributed by atoms with E-state index >= 15 is 0 Å². The van der Waals surface area contributed by atoms with Gasteiger partial charge in [0.2, 0.25) is 0 Å². The van der Waals surface area contributed by atoms with Crippen molar-refractivity contribution in [2.45, 2.75) is 57.2 Å². The summed E-state index contributed by atoms with van der Waals surface area (Å²) in [6, 6.07) is 22.1. The highest BCUT2D eigenvalue weighted by molar-refractivity contribution is 5.76. The Bertz CT molecular complexity index is 1150. The van der Waals surface area contributed by atoms with Crippen LogP contribution in [0.1, 0.15) is 72.2 Å². The average molecular weight is 397 g/mol. The smallest absolute Gasteiger partial charge is 0.0681 e. The molecule has 0 aliphatic heterocycles. The van der Waals surface area contributed by atoms with E-state index in [0.29, 0.717) is 0 Å². The molecule has 3 aromatic carbocycles. The van der Waals surface area contributed by atoms with Crippen molar-refractivity contribution in [2.24, 2.45) is 5.41 Å². The Kier molecular flexibility index (Phi) is 3.21. The molecule has 152 valence electrons. The van der Waals surface area contributed by atoms with Crippen LogP contribution in [-0.2, 0) is 29.5 Å². The fourth-order valence-electron chi connectivity index (χ4n) is 7.99. The van der Waals surface area contributed by atoms with Crippen LogP contribution in [0.15, 0.2) is 60.7 Å². The molecule has 0 amide bonds. The maximum absolute atomic E-state index is 9.89. The highest BCUT2D eigenvalue weighted by Crippen LogP contribution is 2.82. The zero-order valence-electron chi connectivity index (χ0n) is 18.1. The molecule has 3 aliphatic carbocycles. The van der Waals surface area contributed by atoms with Crippen molar-refractivity contribution in [1.82, 2.24) is 0 Å². The second-order valence-corrected chi connectivity index (χ2v) is 10.1. The van der Waals surface area contributed by atoms with E-state index < -0.39 is 0 Å². The number of hydrogen-bond acceptors (Lipinski definition) is 2. The summed E-state index contributed by atoms with van der Waals surface area (Å²) < 4.78 is 0. The SMILES string of the molecule is CC12c3ccc(CO)cc3[C@@]3(C)c4ccccc4[C@@](C)(c4cc(CO)ccc41)C23C. The lowest BCUT2D eigenvalue weighted by atomic mass is 9.52. The first kappa shape index (κ1) is 18.4. The van der Waals surface area contributed by atoms with E-state index in [4.69, 9.17) is 0 Å². The van der Waals surface area contributed by atoms with E-state index in [2.05, 4.69) is 88.4 Å². The maximum atomic E-state index is 9.89. The number of rotatable bonds is 2. The molecule has 4 atom stereocenters. The molecule has 0 heterocycles. The second kappa shape index (κ2) is 5.25. The molecule has 2 heteroatoms. The summed E-state index contributed by atoms with van der Waals surface area (Å²) in [4.78, 5) is 0. The first-order valence-corrected chi connectivity index (χ1v) is 10.9. The Hall–Kier alpha value is -2.42. The third kappa shape index (κ3) is 1.50. The lowest BCUT2D eigenvalue weighted by Crippen LogP contribution is -2.51. The molecule has 6 rings (SSSR count). The highest BCUT2D eigenvalue weighted by Gasteiger charge is 2.79. The summed E-state index contributed by atoms with van der Waals surface area (Å²) >= 11 is 0. The van der Waals surface area contributed by atoms with Gasteiger partial charge in [0, 0.05) is 21.7 Å². The predicted octanol–water partition coefficient (Wildman–Crippen LogP) is 4.94. The van der Waals surface area contributed by atoms with Crippen molar-refractivity contribution in [2.75, 3.05) is 0 Å². The molecule has 0 saturated heterocycles. The molecule has 2 N–H and O–H groups in total. The molecule has 2 nitrogen and oxygen atoms in total. The fourth-order valence-corrected chi connectivity index (χ4v) is 7.99. The van der Waals surface area contributed by atoms with Crippen LogP contribution < -0.4 is 0 Å². The van der Waals surface area contributed by atoms with Gasteiger partial charge in [-0.15, -0.1) is 0 Å². The van der Waals surface area contributed by atoms with Crippen molar-refractivity contribution in [3.63, 3.8) is 0 Å². The summed E-state index contributed by atoms with van der Waals surface area (Å²) in [6.45, 7) is 9.86.